The summed E-state index contributed by atoms with van der Waals surface area (Å²) in [6.07, 6.45) is -0.0201. The maximum absolute atomic E-state index is 13.3. The van der Waals surface area contributed by atoms with Crippen LogP contribution >= 0.6 is 11.3 Å². The molecule has 2 amide bonds. The van der Waals surface area contributed by atoms with Gasteiger partial charge in [-0.15, -0.1) is 11.3 Å². The Morgan fingerprint density at radius 3 is 2.29 bits per heavy atom. The van der Waals surface area contributed by atoms with Gasteiger partial charge in [0.05, 0.1) is 30.2 Å². The highest BCUT2D eigenvalue weighted by Crippen LogP contribution is 2.38. The van der Waals surface area contributed by atoms with E-state index in [2.05, 4.69) is 5.32 Å². The lowest BCUT2D eigenvalue weighted by Gasteiger charge is -2.26. The van der Waals surface area contributed by atoms with Crippen LogP contribution in [0, 0.1) is 0 Å². The van der Waals surface area contributed by atoms with Crippen LogP contribution in [0.1, 0.15) is 57.5 Å². The number of carbonyl (C=O) groups is 3. The molecule has 4 rings (SSSR count). The van der Waals surface area contributed by atoms with Crippen LogP contribution in [0.15, 0.2) is 59.5 Å². The summed E-state index contributed by atoms with van der Waals surface area (Å²) >= 11 is 1.21. The van der Waals surface area contributed by atoms with Crippen molar-refractivity contribution in [1.29, 1.82) is 0 Å². The molecule has 1 aliphatic heterocycles. The number of carbonyl (C=O) groups excluding carboxylic acids is 3. The van der Waals surface area contributed by atoms with Gasteiger partial charge in [-0.1, -0.05) is 37.3 Å². The molecule has 1 aliphatic rings. The van der Waals surface area contributed by atoms with Crippen LogP contribution in [0.5, 0.6) is 0 Å². The van der Waals surface area contributed by atoms with Gasteiger partial charge in [0.1, 0.15) is 5.00 Å². The highest BCUT2D eigenvalue weighted by atomic mass is 32.2. The molecule has 0 bridgehead atoms. The van der Waals surface area contributed by atoms with Crippen molar-refractivity contribution in [2.75, 3.05) is 31.6 Å². The maximum atomic E-state index is 13.3. The van der Waals surface area contributed by atoms with Gasteiger partial charge < -0.3 is 19.7 Å². The van der Waals surface area contributed by atoms with E-state index in [0.29, 0.717) is 18.0 Å². The fraction of sp³-hybridized carbons (Fsp3) is 0.345. The first-order valence-electron chi connectivity index (χ1n) is 13.4. The van der Waals surface area contributed by atoms with E-state index in [4.69, 9.17) is 9.47 Å². The lowest BCUT2D eigenvalue weighted by atomic mass is 10.0. The first-order valence-corrected chi connectivity index (χ1v) is 15.6. The van der Waals surface area contributed by atoms with Gasteiger partial charge in [-0.25, -0.2) is 18.0 Å². The Balaban J connectivity index is 1.54. The molecule has 0 unspecified atom stereocenters. The number of hydrogen-bond acceptors (Lipinski definition) is 8. The lowest BCUT2D eigenvalue weighted by Crippen LogP contribution is -2.36. The van der Waals surface area contributed by atoms with E-state index in [1.165, 1.54) is 39.9 Å². The van der Waals surface area contributed by atoms with Gasteiger partial charge in [0, 0.05) is 30.1 Å². The molecular weight excluding hydrogens is 566 g/mol. The highest BCUT2D eigenvalue weighted by Gasteiger charge is 2.32. The highest BCUT2D eigenvalue weighted by molar-refractivity contribution is 7.89. The molecule has 2 heterocycles. The Morgan fingerprint density at radius 2 is 1.66 bits per heavy atom. The van der Waals surface area contributed by atoms with Gasteiger partial charge >= 0.3 is 12.1 Å². The second kappa shape index (κ2) is 13.3. The Kier molecular flexibility index (Phi) is 9.79. The third-order valence-corrected chi connectivity index (χ3v) is 9.67. The van der Waals surface area contributed by atoms with Gasteiger partial charge in [0.25, 0.3) is 5.91 Å². The van der Waals surface area contributed by atoms with Gasteiger partial charge in [-0.3, -0.25) is 4.79 Å². The van der Waals surface area contributed by atoms with Gasteiger partial charge in [0.2, 0.25) is 10.0 Å². The van der Waals surface area contributed by atoms with Crippen molar-refractivity contribution in [2.45, 2.75) is 45.2 Å². The maximum Gasteiger partial charge on any atom is 0.410 e. The summed E-state index contributed by atoms with van der Waals surface area (Å²) < 4.78 is 38.3. The standard InChI is InChI=1S/C29H33N3O7S2/c1-4-32(18-20-10-8-7-9-11-20)41(36,37)22-14-12-21(13-15-22)26(33)30-27-25(28(34)38-5-2)23-16-17-31(19-24(23)40-27)29(35)39-6-3/h7-15H,4-6,16-19H2,1-3H3,(H,30,33). The zero-order valence-corrected chi connectivity index (χ0v) is 24.8. The van der Waals surface area contributed by atoms with E-state index in [1.54, 1.807) is 25.7 Å². The zero-order chi connectivity index (χ0) is 29.6. The molecule has 12 heteroatoms. The molecule has 0 aliphatic carbocycles. The predicted octanol–water partition coefficient (Wildman–Crippen LogP) is 4.90. The number of esters is 1. The van der Waals surface area contributed by atoms with Crippen LogP contribution in [0.2, 0.25) is 0 Å². The second-order valence-corrected chi connectivity index (χ2v) is 12.2. The number of nitrogens with one attached hydrogen (secondary N) is 1. The fourth-order valence-corrected chi connectivity index (χ4v) is 7.22. The third kappa shape index (κ3) is 6.77. The second-order valence-electron chi connectivity index (χ2n) is 9.19. The minimum atomic E-state index is -3.79. The molecule has 41 heavy (non-hydrogen) atoms. The summed E-state index contributed by atoms with van der Waals surface area (Å²) in [5.41, 5.74) is 2.12. The van der Waals surface area contributed by atoms with E-state index in [-0.39, 0.29) is 48.9 Å². The summed E-state index contributed by atoms with van der Waals surface area (Å²) in [6.45, 7) is 6.77. The van der Waals surface area contributed by atoms with Gasteiger partial charge in [-0.05, 0) is 55.7 Å². The monoisotopic (exact) mass is 599 g/mol. The predicted molar refractivity (Wildman–Crippen MR) is 156 cm³/mol. The number of fused-ring (bicyclic) bond motifs is 1. The molecule has 1 N–H and O–H groups in total. The Bertz CT molecular complexity index is 1500. The number of sulfonamides is 1. The van der Waals surface area contributed by atoms with Crippen LogP contribution in [0.25, 0.3) is 0 Å². The molecule has 10 nitrogen and oxygen atoms in total. The zero-order valence-electron chi connectivity index (χ0n) is 23.2. The van der Waals surface area contributed by atoms with Crippen LogP contribution in [0.3, 0.4) is 0 Å². The van der Waals surface area contributed by atoms with Crippen LogP contribution in [-0.2, 0) is 39.0 Å². The molecule has 0 radical (unpaired) electrons. The smallest absolute Gasteiger partial charge is 0.410 e. The number of ether oxygens (including phenoxy) is 2. The van der Waals surface area contributed by atoms with Crippen LogP contribution in [0.4, 0.5) is 9.80 Å². The van der Waals surface area contributed by atoms with Crippen LogP contribution < -0.4 is 5.32 Å². The first-order chi connectivity index (χ1) is 19.7. The summed E-state index contributed by atoms with van der Waals surface area (Å²) in [5, 5.41) is 3.12. The first kappa shape index (κ1) is 30.2. The molecular formula is C29H33N3O7S2. The average Bonchev–Trinajstić information content (AvgIpc) is 3.33. The van der Waals surface area contributed by atoms with Crippen molar-refractivity contribution in [2.24, 2.45) is 0 Å². The van der Waals surface area contributed by atoms with Crippen molar-refractivity contribution in [3.05, 3.63) is 81.7 Å². The Labute approximate surface area is 243 Å². The minimum absolute atomic E-state index is 0.0738. The van der Waals surface area contributed by atoms with E-state index in [1.807, 2.05) is 30.3 Å². The van der Waals surface area contributed by atoms with Crippen molar-refractivity contribution in [1.82, 2.24) is 9.21 Å². The third-order valence-electron chi connectivity index (χ3n) is 6.60. The van der Waals surface area contributed by atoms with Gasteiger partial charge in [-0.2, -0.15) is 4.31 Å². The molecule has 0 spiro atoms. The topological polar surface area (TPSA) is 122 Å². The van der Waals surface area contributed by atoms with E-state index >= 15 is 0 Å². The molecule has 1 aromatic heterocycles. The number of anilines is 1. The molecule has 0 atom stereocenters. The van der Waals surface area contributed by atoms with Crippen molar-refractivity contribution < 1.29 is 32.3 Å². The molecule has 0 saturated carbocycles. The molecule has 0 fully saturated rings. The van der Waals surface area contributed by atoms with Crippen molar-refractivity contribution >= 4 is 44.3 Å². The van der Waals surface area contributed by atoms with Crippen LogP contribution in [-0.4, -0.2) is 61.9 Å². The van der Waals surface area contributed by atoms with Gasteiger partial charge in [0.15, 0.2) is 0 Å². The number of nitrogens with zero attached hydrogens (tertiary/aromatic N) is 2. The molecule has 0 saturated heterocycles. The number of thiophene rings is 1. The number of benzene rings is 2. The quantitative estimate of drug-likeness (QED) is 0.329. The summed E-state index contributed by atoms with van der Waals surface area (Å²) in [7, 11) is -3.79. The Hall–Kier alpha value is -3.74. The number of amides is 2. The summed E-state index contributed by atoms with van der Waals surface area (Å²) in [5.74, 6) is -1.05. The van der Waals surface area contributed by atoms with E-state index < -0.39 is 28.0 Å². The average molecular weight is 600 g/mol. The van der Waals surface area contributed by atoms with Crippen molar-refractivity contribution in [3.63, 3.8) is 0 Å². The summed E-state index contributed by atoms with van der Waals surface area (Å²) in [6, 6.07) is 15.0. The lowest BCUT2D eigenvalue weighted by molar-refractivity contribution is 0.0526. The van der Waals surface area contributed by atoms with Crippen molar-refractivity contribution in [3.8, 4) is 0 Å². The number of rotatable bonds is 10. The van der Waals surface area contributed by atoms with E-state index in [0.717, 1.165) is 16.0 Å². The SMILES string of the molecule is CCOC(=O)c1c(NC(=O)c2ccc(S(=O)(=O)N(CC)Cc3ccccc3)cc2)sc2c1CCN(C(=O)OCC)C2. The minimum Gasteiger partial charge on any atom is -0.462 e. The molecule has 3 aromatic rings. The Morgan fingerprint density at radius 1 is 0.976 bits per heavy atom. The molecule has 2 aromatic carbocycles. The largest absolute Gasteiger partial charge is 0.462 e. The molecule has 218 valence electrons. The van der Waals surface area contributed by atoms with E-state index in [9.17, 15) is 22.8 Å². The summed E-state index contributed by atoms with van der Waals surface area (Å²) in [4.78, 5) is 40.7. The normalized spacial score (nSPS) is 13.0. The fourth-order valence-electron chi connectivity index (χ4n) is 4.54. The number of hydrogen-bond donors (Lipinski definition) is 1.